The number of carbonyl (C=O) groups is 3. The second-order valence-corrected chi connectivity index (χ2v) is 11.0. The van der Waals surface area contributed by atoms with E-state index in [-0.39, 0.29) is 23.9 Å². The van der Waals surface area contributed by atoms with E-state index in [2.05, 4.69) is 25.9 Å². The summed E-state index contributed by atoms with van der Waals surface area (Å²) in [6.45, 7) is 3.32. The molecule has 1 aromatic carbocycles. The minimum atomic E-state index is -0.391. The molecule has 1 fully saturated rings. The fraction of sp³-hybridized carbons (Fsp3) is 0.276. The third-order valence-corrected chi connectivity index (χ3v) is 8.20. The van der Waals surface area contributed by atoms with Gasteiger partial charge in [-0.2, -0.15) is 0 Å². The summed E-state index contributed by atoms with van der Waals surface area (Å²) in [5, 5.41) is 9.72. The summed E-state index contributed by atoms with van der Waals surface area (Å²) in [6.07, 6.45) is 4.95. The van der Waals surface area contributed by atoms with Crippen LogP contribution in [-0.2, 0) is 4.79 Å². The highest BCUT2D eigenvalue weighted by molar-refractivity contribution is 7.21. The standard InChI is InChI=1S/C29H28N6O4S/c1-16-21(11-12-23(31-16)39-20-9-4-3-5-10-20)35-22-13-14-30-28-24(22)25(34-29(35)38)26(40-28)27(37)33-19-8-6-7-18(15-19)32-17(2)36/h3-5,9-14,18-19H,6-8,15H2,1-2H3,(H,32,36)(H,33,37)(H,34,38). The lowest BCUT2D eigenvalue weighted by Crippen LogP contribution is -2.45. The van der Waals surface area contributed by atoms with Gasteiger partial charge in [-0.05, 0) is 56.9 Å². The second kappa shape index (κ2) is 10.6. The van der Waals surface area contributed by atoms with Crippen molar-refractivity contribution in [3.63, 3.8) is 0 Å². The molecular formula is C29H28N6O4S. The Morgan fingerprint density at radius 1 is 1.05 bits per heavy atom. The van der Waals surface area contributed by atoms with Crippen LogP contribution in [-0.4, -0.2) is 39.9 Å². The van der Waals surface area contributed by atoms with Gasteiger partial charge in [-0.1, -0.05) is 18.2 Å². The number of ether oxygens (including phenoxy) is 1. The Morgan fingerprint density at radius 2 is 1.82 bits per heavy atom. The zero-order valence-electron chi connectivity index (χ0n) is 22.1. The van der Waals surface area contributed by atoms with E-state index in [9.17, 15) is 14.4 Å². The maximum Gasteiger partial charge on any atom is 0.331 e. The number of rotatable bonds is 6. The Labute approximate surface area is 234 Å². The van der Waals surface area contributed by atoms with Crippen molar-refractivity contribution in [2.24, 2.45) is 0 Å². The minimum Gasteiger partial charge on any atom is -0.439 e. The summed E-state index contributed by atoms with van der Waals surface area (Å²) in [4.78, 5) is 50.1. The van der Waals surface area contributed by atoms with Gasteiger partial charge in [0, 0.05) is 31.3 Å². The van der Waals surface area contributed by atoms with Crippen LogP contribution in [0.2, 0.25) is 0 Å². The molecule has 1 aliphatic heterocycles. The van der Waals surface area contributed by atoms with E-state index in [0.29, 0.717) is 55.9 Å². The van der Waals surface area contributed by atoms with E-state index in [1.54, 1.807) is 29.3 Å². The number of pyridine rings is 2. The van der Waals surface area contributed by atoms with Crippen molar-refractivity contribution in [2.75, 3.05) is 10.2 Å². The number of nitrogens with one attached hydrogen (secondary N) is 3. The highest BCUT2D eigenvalue weighted by Crippen LogP contribution is 2.46. The van der Waals surface area contributed by atoms with Crippen molar-refractivity contribution in [3.05, 3.63) is 65.3 Å². The summed E-state index contributed by atoms with van der Waals surface area (Å²) in [7, 11) is 0. The highest BCUT2D eigenvalue weighted by Gasteiger charge is 2.34. The lowest BCUT2D eigenvalue weighted by Gasteiger charge is -2.30. The van der Waals surface area contributed by atoms with Gasteiger partial charge in [0.05, 0.1) is 28.1 Å². The summed E-state index contributed by atoms with van der Waals surface area (Å²) in [5.74, 6) is 0.761. The van der Waals surface area contributed by atoms with Crippen LogP contribution < -0.4 is 25.6 Å². The fourth-order valence-electron chi connectivity index (χ4n) is 5.41. The Hall–Kier alpha value is -4.51. The van der Waals surface area contributed by atoms with Gasteiger partial charge >= 0.3 is 6.03 Å². The third kappa shape index (κ3) is 4.95. The van der Waals surface area contributed by atoms with Crippen molar-refractivity contribution < 1.29 is 19.1 Å². The van der Waals surface area contributed by atoms with E-state index >= 15 is 0 Å². The summed E-state index contributed by atoms with van der Waals surface area (Å²) < 4.78 is 5.86. The molecule has 6 rings (SSSR count). The molecule has 11 heteroatoms. The molecular weight excluding hydrogens is 528 g/mol. The number of carbonyl (C=O) groups excluding carboxylic acids is 3. The lowest BCUT2D eigenvalue weighted by atomic mass is 9.91. The first-order valence-electron chi connectivity index (χ1n) is 13.2. The van der Waals surface area contributed by atoms with E-state index < -0.39 is 6.03 Å². The Morgan fingerprint density at radius 3 is 2.58 bits per heavy atom. The van der Waals surface area contributed by atoms with Gasteiger partial charge in [-0.25, -0.2) is 14.8 Å². The van der Waals surface area contributed by atoms with E-state index in [0.717, 1.165) is 19.3 Å². The predicted octanol–water partition coefficient (Wildman–Crippen LogP) is 5.65. The van der Waals surface area contributed by atoms with E-state index in [1.807, 2.05) is 37.3 Å². The number of nitrogens with zero attached hydrogens (tertiary/aromatic N) is 3. The lowest BCUT2D eigenvalue weighted by molar-refractivity contribution is -0.119. The molecule has 3 N–H and O–H groups in total. The topological polar surface area (TPSA) is 126 Å². The molecule has 0 saturated heterocycles. The number of thiophene rings is 1. The van der Waals surface area contributed by atoms with Crippen molar-refractivity contribution in [2.45, 2.75) is 51.6 Å². The molecule has 2 atom stereocenters. The number of benzene rings is 1. The number of aryl methyl sites for hydroxylation is 1. The minimum absolute atomic E-state index is 0.0418. The van der Waals surface area contributed by atoms with E-state index in [4.69, 9.17) is 4.74 Å². The van der Waals surface area contributed by atoms with Gasteiger partial charge in [0.25, 0.3) is 5.91 Å². The van der Waals surface area contributed by atoms with Gasteiger partial charge in [0.2, 0.25) is 11.8 Å². The van der Waals surface area contributed by atoms with Gasteiger partial charge in [0.1, 0.15) is 15.5 Å². The molecule has 4 heterocycles. The highest BCUT2D eigenvalue weighted by atomic mass is 32.1. The Bertz CT molecular complexity index is 1620. The predicted molar refractivity (Wildman–Crippen MR) is 154 cm³/mol. The first kappa shape index (κ1) is 25.8. The normalized spacial score (nSPS) is 18.2. The van der Waals surface area contributed by atoms with E-state index in [1.165, 1.54) is 18.3 Å². The van der Waals surface area contributed by atoms with Crippen LogP contribution in [0.5, 0.6) is 11.6 Å². The summed E-state index contributed by atoms with van der Waals surface area (Å²) in [6, 6.07) is 14.2. The smallest absolute Gasteiger partial charge is 0.331 e. The molecule has 0 spiro atoms. The molecule has 40 heavy (non-hydrogen) atoms. The first-order chi connectivity index (χ1) is 19.4. The van der Waals surface area contributed by atoms with Crippen LogP contribution in [0.1, 0.15) is 48.0 Å². The maximum atomic E-state index is 13.5. The molecule has 4 amide bonds. The second-order valence-electron chi connectivity index (χ2n) is 9.99. The number of para-hydroxylation sites is 1. The molecule has 2 unspecified atom stereocenters. The number of amides is 4. The molecule has 204 valence electrons. The van der Waals surface area contributed by atoms with Crippen LogP contribution in [0, 0.1) is 6.92 Å². The monoisotopic (exact) mass is 556 g/mol. The average Bonchev–Trinajstić information content (AvgIpc) is 3.29. The molecule has 0 bridgehead atoms. The fourth-order valence-corrected chi connectivity index (χ4v) is 6.43. The van der Waals surface area contributed by atoms with Crippen LogP contribution in [0.4, 0.5) is 21.9 Å². The Balaban J connectivity index is 1.28. The van der Waals surface area contributed by atoms with Gasteiger partial charge in [-0.3, -0.25) is 14.5 Å². The summed E-state index contributed by atoms with van der Waals surface area (Å²) in [5.41, 5.74) is 2.30. The zero-order chi connectivity index (χ0) is 27.8. The van der Waals surface area contributed by atoms with Crippen molar-refractivity contribution in [3.8, 4) is 11.6 Å². The number of anilines is 3. The molecule has 0 radical (unpaired) electrons. The Kier molecular flexibility index (Phi) is 6.81. The van der Waals surface area contributed by atoms with Crippen molar-refractivity contribution >= 4 is 56.5 Å². The molecule has 10 nitrogen and oxygen atoms in total. The number of urea groups is 1. The first-order valence-corrected chi connectivity index (χ1v) is 14.0. The van der Waals surface area contributed by atoms with Gasteiger partial charge in [-0.15, -0.1) is 11.3 Å². The average molecular weight is 557 g/mol. The third-order valence-electron chi connectivity index (χ3n) is 7.11. The molecule has 3 aromatic heterocycles. The number of hydrogen-bond acceptors (Lipinski definition) is 7. The zero-order valence-corrected chi connectivity index (χ0v) is 22.9. The van der Waals surface area contributed by atoms with Crippen LogP contribution >= 0.6 is 11.3 Å². The van der Waals surface area contributed by atoms with Crippen LogP contribution in [0.25, 0.3) is 10.2 Å². The van der Waals surface area contributed by atoms with Crippen molar-refractivity contribution in [1.29, 1.82) is 0 Å². The largest absolute Gasteiger partial charge is 0.439 e. The van der Waals surface area contributed by atoms with Gasteiger partial charge < -0.3 is 20.7 Å². The molecule has 1 aliphatic carbocycles. The van der Waals surface area contributed by atoms with Crippen molar-refractivity contribution in [1.82, 2.24) is 20.6 Å². The number of hydrogen-bond donors (Lipinski definition) is 3. The molecule has 1 saturated carbocycles. The quantitative estimate of drug-likeness (QED) is 0.282. The molecule has 4 aromatic rings. The maximum absolute atomic E-state index is 13.5. The molecule has 2 aliphatic rings. The number of aromatic nitrogens is 2. The van der Waals surface area contributed by atoms with Crippen LogP contribution in [0.3, 0.4) is 0 Å². The summed E-state index contributed by atoms with van der Waals surface area (Å²) >= 11 is 1.25. The SMILES string of the molecule is CC(=O)NC1CCCC(NC(=O)c2sc3nccc4c3c2NC(=O)N4c2ccc(Oc3ccccc3)nc2C)C1. The van der Waals surface area contributed by atoms with Gasteiger partial charge in [0.15, 0.2) is 0 Å². The van der Waals surface area contributed by atoms with Crippen LogP contribution in [0.15, 0.2) is 54.7 Å².